The molecule has 4 saturated carbocycles. The van der Waals surface area contributed by atoms with Crippen molar-refractivity contribution in [3.8, 4) is 0 Å². The Morgan fingerprint density at radius 1 is 1.03 bits per heavy atom. The molecule has 5 nitrogen and oxygen atoms in total. The molecule has 1 N–H and O–H groups in total. The van der Waals surface area contributed by atoms with Gasteiger partial charge in [-0.25, -0.2) is 0 Å². The highest BCUT2D eigenvalue weighted by Gasteiger charge is 2.64. The number of nitrogens with zero attached hydrogens (tertiary/aromatic N) is 2. The van der Waals surface area contributed by atoms with Crippen LogP contribution in [0.15, 0.2) is 5.11 Å². The van der Waals surface area contributed by atoms with Gasteiger partial charge in [0.2, 0.25) is 4.91 Å². The molecule has 0 aromatic carbocycles. The second-order valence-corrected chi connectivity index (χ2v) is 13.6. The number of rotatable bonds is 7. The summed E-state index contributed by atoms with van der Waals surface area (Å²) in [6.45, 7) is 13.9. The van der Waals surface area contributed by atoms with E-state index in [2.05, 4.69) is 44.6 Å². The molecule has 4 rings (SSSR count). The van der Waals surface area contributed by atoms with Gasteiger partial charge in [0.15, 0.2) is 0 Å². The normalized spacial score (nSPS) is 44.4. The minimum atomic E-state index is -0.116. The lowest BCUT2D eigenvalue weighted by Crippen LogP contribution is -2.59. The van der Waals surface area contributed by atoms with Crippen molar-refractivity contribution in [2.75, 3.05) is 0 Å². The predicted octanol–water partition coefficient (Wildman–Crippen LogP) is 7.57. The first-order valence-electron chi connectivity index (χ1n) is 14.3. The Bertz CT molecular complexity index is 792. The highest BCUT2D eigenvalue weighted by Crippen LogP contribution is 2.68. The zero-order valence-electron chi connectivity index (χ0n) is 22.7. The van der Waals surface area contributed by atoms with Gasteiger partial charge >= 0.3 is 5.97 Å². The fraction of sp³-hybridized carbons (Fsp3) is 0.966. The van der Waals surface area contributed by atoms with Crippen LogP contribution in [0.1, 0.15) is 112 Å². The van der Waals surface area contributed by atoms with Crippen LogP contribution >= 0.6 is 0 Å². The van der Waals surface area contributed by atoms with Crippen molar-refractivity contribution in [2.45, 2.75) is 124 Å². The van der Waals surface area contributed by atoms with Crippen molar-refractivity contribution >= 4 is 5.97 Å². The first kappa shape index (κ1) is 25.9. The molecular weight excluding hydrogens is 422 g/mol. The molecule has 4 aliphatic carbocycles. The fourth-order valence-corrected chi connectivity index (χ4v) is 9.72. The zero-order chi connectivity index (χ0) is 24.7. The van der Waals surface area contributed by atoms with Crippen LogP contribution in [-0.2, 0) is 9.53 Å². The second kappa shape index (κ2) is 10.0. The molecule has 0 amide bonds. The van der Waals surface area contributed by atoms with Gasteiger partial charge in [0, 0.05) is 12.8 Å². The van der Waals surface area contributed by atoms with Gasteiger partial charge in [-0.2, -0.15) is 0 Å². The third-order valence-electron chi connectivity index (χ3n) is 11.4. The predicted molar refractivity (Wildman–Crippen MR) is 135 cm³/mol. The number of ether oxygens (including phenoxy) is 1. The number of hydrogen-bond donors (Lipinski definition) is 1. The SMILES string of the molecule is CC(=O)O[C@@H]1C[C@H]2CC(N=[N+]=N)CC[C@]2(C)C2CC[C@@]3(C)C(CC[C@@H]3C(C)CCCC(C)C)C21. The van der Waals surface area contributed by atoms with Crippen LogP contribution < -0.4 is 4.91 Å². The Morgan fingerprint density at radius 2 is 1.74 bits per heavy atom. The van der Waals surface area contributed by atoms with Crippen LogP contribution in [0.5, 0.6) is 0 Å². The second-order valence-electron chi connectivity index (χ2n) is 13.6. The largest absolute Gasteiger partial charge is 0.462 e. The van der Waals surface area contributed by atoms with E-state index >= 15 is 0 Å². The smallest absolute Gasteiger partial charge is 0.302 e. The van der Waals surface area contributed by atoms with E-state index in [4.69, 9.17) is 10.3 Å². The molecule has 0 bridgehead atoms. The molecule has 5 unspecified atom stereocenters. The molecule has 0 saturated heterocycles. The van der Waals surface area contributed by atoms with Gasteiger partial charge in [0.05, 0.1) is 0 Å². The third kappa shape index (κ3) is 4.63. The summed E-state index contributed by atoms with van der Waals surface area (Å²) in [6.07, 6.45) is 13.6. The van der Waals surface area contributed by atoms with Gasteiger partial charge in [0.25, 0.3) is 0 Å². The van der Waals surface area contributed by atoms with Gasteiger partial charge in [-0.3, -0.25) is 4.79 Å². The topological polar surface area (TPSA) is 76.6 Å². The van der Waals surface area contributed by atoms with Gasteiger partial charge in [-0.1, -0.05) is 53.9 Å². The molecule has 4 fully saturated rings. The number of carbonyl (C=O) groups is 1. The fourth-order valence-electron chi connectivity index (χ4n) is 9.72. The Kier molecular flexibility index (Phi) is 7.63. The summed E-state index contributed by atoms with van der Waals surface area (Å²) in [5.74, 6) is 4.61. The molecule has 4 aliphatic rings. The Balaban J connectivity index is 1.57. The van der Waals surface area contributed by atoms with Crippen molar-refractivity contribution in [3.63, 3.8) is 0 Å². The minimum absolute atomic E-state index is 0.0480. The molecule has 0 radical (unpaired) electrons. The van der Waals surface area contributed by atoms with Crippen LogP contribution in [0.3, 0.4) is 0 Å². The first-order valence-corrected chi connectivity index (χ1v) is 14.3. The lowest BCUT2D eigenvalue weighted by molar-refractivity contribution is -0.190. The number of carbonyl (C=O) groups excluding carboxylic acids is 1. The number of fused-ring (bicyclic) bond motifs is 5. The van der Waals surface area contributed by atoms with Crippen LogP contribution in [0, 0.1) is 57.8 Å². The molecule has 0 aromatic rings. The van der Waals surface area contributed by atoms with Crippen molar-refractivity contribution in [1.29, 1.82) is 5.53 Å². The van der Waals surface area contributed by atoms with E-state index in [0.29, 0.717) is 34.5 Å². The van der Waals surface area contributed by atoms with Crippen LogP contribution in [0.2, 0.25) is 0 Å². The zero-order valence-corrected chi connectivity index (χ0v) is 22.7. The molecule has 192 valence electrons. The van der Waals surface area contributed by atoms with E-state index < -0.39 is 0 Å². The van der Waals surface area contributed by atoms with E-state index in [0.717, 1.165) is 37.0 Å². The average molecular weight is 473 g/mol. The first-order chi connectivity index (χ1) is 16.1. The van der Waals surface area contributed by atoms with Crippen molar-refractivity contribution in [3.05, 3.63) is 0 Å². The summed E-state index contributed by atoms with van der Waals surface area (Å²) in [7, 11) is 0. The van der Waals surface area contributed by atoms with Crippen LogP contribution in [-0.4, -0.2) is 18.1 Å². The monoisotopic (exact) mass is 472 g/mol. The summed E-state index contributed by atoms with van der Waals surface area (Å²) < 4.78 is 6.16. The highest BCUT2D eigenvalue weighted by atomic mass is 16.5. The van der Waals surface area contributed by atoms with Crippen molar-refractivity contribution in [1.82, 2.24) is 4.91 Å². The quantitative estimate of drug-likeness (QED) is 0.236. The molecule has 0 heterocycles. The number of esters is 1. The summed E-state index contributed by atoms with van der Waals surface area (Å²) in [5, 5.41) is 4.21. The molecule has 0 aromatic heterocycles. The summed E-state index contributed by atoms with van der Waals surface area (Å²) >= 11 is 0. The van der Waals surface area contributed by atoms with E-state index in [1.165, 1.54) is 51.4 Å². The maximum atomic E-state index is 12.2. The maximum Gasteiger partial charge on any atom is 0.302 e. The lowest BCUT2D eigenvalue weighted by atomic mass is 9.43. The minimum Gasteiger partial charge on any atom is -0.462 e. The molecule has 34 heavy (non-hydrogen) atoms. The van der Waals surface area contributed by atoms with E-state index in [-0.39, 0.29) is 18.1 Å². The summed E-state index contributed by atoms with van der Waals surface area (Å²) in [4.78, 5) is 15.6. The van der Waals surface area contributed by atoms with E-state index in [9.17, 15) is 4.79 Å². The summed E-state index contributed by atoms with van der Waals surface area (Å²) in [5.41, 5.74) is 7.89. The van der Waals surface area contributed by atoms with E-state index in [1.54, 1.807) is 6.92 Å². The van der Waals surface area contributed by atoms with Gasteiger partial charge < -0.3 is 4.74 Å². The summed E-state index contributed by atoms with van der Waals surface area (Å²) in [6, 6.07) is 0.168. The van der Waals surface area contributed by atoms with Crippen LogP contribution in [0.25, 0.3) is 0 Å². The highest BCUT2D eigenvalue weighted by molar-refractivity contribution is 5.66. The molecule has 5 heteroatoms. The van der Waals surface area contributed by atoms with Gasteiger partial charge in [-0.05, 0) is 97.7 Å². The molecule has 0 aliphatic heterocycles. The Morgan fingerprint density at radius 3 is 2.41 bits per heavy atom. The van der Waals surface area contributed by atoms with Gasteiger partial charge in [-0.15, -0.1) is 0 Å². The number of hydrogen-bond acceptors (Lipinski definition) is 4. The molecular formula is C29H50N3O2+. The van der Waals surface area contributed by atoms with Crippen LogP contribution in [0.4, 0.5) is 0 Å². The third-order valence-corrected chi connectivity index (χ3v) is 11.4. The Hall–Kier alpha value is -1.22. The molecule has 10 atom stereocenters. The number of nitrogens with one attached hydrogen (secondary N) is 1. The standard InChI is InChI=1S/C29H50N3O2/c1-18(2)8-7-9-19(3)23-10-11-24-27-25(13-15-29(23,24)6)28(5)14-12-22(31-32-30)16-21(28)17-26(27)34-20(4)33/h18-19,21-27,30H,7-17H2,1-6H3/q+1/t19?,21-,22?,23-,24?,25?,26-,27?,28+,29-/m1/s1. The van der Waals surface area contributed by atoms with E-state index in [1.807, 2.05) is 0 Å². The average Bonchev–Trinajstić information content (AvgIpc) is 3.11. The Labute approximate surface area is 207 Å². The molecule has 0 spiro atoms. The van der Waals surface area contributed by atoms with Crippen molar-refractivity contribution < 1.29 is 9.53 Å². The van der Waals surface area contributed by atoms with Crippen molar-refractivity contribution in [2.24, 2.45) is 57.4 Å². The van der Waals surface area contributed by atoms with Gasteiger partial charge in [0.1, 0.15) is 22.8 Å². The lowest BCUT2D eigenvalue weighted by Gasteiger charge is -2.62. The maximum absolute atomic E-state index is 12.2.